The Hall–Kier alpha value is -1.88. The lowest BCUT2D eigenvalue weighted by molar-refractivity contribution is 0.0698. The molecule has 0 amide bonds. The molecule has 2 N–H and O–H groups in total. The first-order chi connectivity index (χ1) is 9.27. The van der Waals surface area contributed by atoms with Gasteiger partial charge in [0.15, 0.2) is 5.13 Å². The van der Waals surface area contributed by atoms with E-state index in [0.29, 0.717) is 10.8 Å². The molecule has 0 aliphatic heterocycles. The van der Waals surface area contributed by atoms with Crippen LogP contribution in [0, 0.1) is 6.92 Å². The molecule has 5 heteroatoms. The minimum atomic E-state index is -0.944. The first-order valence-electron chi connectivity index (χ1n) is 6.34. The summed E-state index contributed by atoms with van der Waals surface area (Å²) in [5, 5.41) is 15.0. The molecule has 0 fully saturated rings. The molecule has 0 aliphatic carbocycles. The topological polar surface area (TPSA) is 62.2 Å². The molecular weight excluding hydrogens is 272 g/mol. The van der Waals surface area contributed by atoms with E-state index in [-0.39, 0.29) is 11.0 Å². The molecule has 1 heterocycles. The highest BCUT2D eigenvalue weighted by molar-refractivity contribution is 7.13. The Labute approximate surface area is 122 Å². The number of aromatic nitrogens is 1. The lowest BCUT2D eigenvalue weighted by Gasteiger charge is -2.14. The number of hydrogen-bond donors (Lipinski definition) is 2. The minimum absolute atomic E-state index is 0.0152. The van der Waals surface area contributed by atoms with Gasteiger partial charge in [-0.05, 0) is 24.6 Å². The zero-order valence-electron chi connectivity index (χ0n) is 12.0. The van der Waals surface area contributed by atoms with Crippen LogP contribution in [0.3, 0.4) is 0 Å². The second-order valence-corrected chi connectivity index (χ2v) is 6.63. The van der Waals surface area contributed by atoms with Crippen LogP contribution in [-0.4, -0.2) is 16.1 Å². The summed E-state index contributed by atoms with van der Waals surface area (Å²) < 4.78 is 0. The van der Waals surface area contributed by atoms with Crippen LogP contribution in [-0.2, 0) is 5.41 Å². The maximum Gasteiger partial charge on any atom is 0.337 e. The van der Waals surface area contributed by atoms with Gasteiger partial charge in [0, 0.05) is 10.8 Å². The third kappa shape index (κ3) is 3.17. The van der Waals surface area contributed by atoms with E-state index in [0.717, 1.165) is 11.3 Å². The summed E-state index contributed by atoms with van der Waals surface area (Å²) in [6, 6.07) is 5.22. The molecule has 0 aliphatic rings. The molecule has 106 valence electrons. The predicted molar refractivity (Wildman–Crippen MR) is 82.2 cm³/mol. The second kappa shape index (κ2) is 5.25. The van der Waals surface area contributed by atoms with Gasteiger partial charge in [-0.3, -0.25) is 0 Å². The van der Waals surface area contributed by atoms with Crippen molar-refractivity contribution in [1.82, 2.24) is 4.98 Å². The number of carboxylic acid groups (broad SMARTS) is 1. The molecule has 1 aromatic carbocycles. The van der Waals surface area contributed by atoms with Crippen molar-refractivity contribution >= 4 is 28.1 Å². The standard InChI is InChI=1S/C15H18N2O2S/c1-9-5-6-10(13(18)19)11(7-9)16-14-17-12(8-20-14)15(2,3)4/h5-8H,1-4H3,(H,16,17)(H,18,19). The Balaban J connectivity index is 2.32. The fourth-order valence-electron chi connectivity index (χ4n) is 1.74. The van der Waals surface area contributed by atoms with E-state index >= 15 is 0 Å². The van der Waals surface area contributed by atoms with Gasteiger partial charge in [-0.15, -0.1) is 11.3 Å². The second-order valence-electron chi connectivity index (χ2n) is 5.77. The summed E-state index contributed by atoms with van der Waals surface area (Å²) in [5.74, 6) is -0.944. The van der Waals surface area contributed by atoms with Gasteiger partial charge >= 0.3 is 5.97 Å². The van der Waals surface area contributed by atoms with E-state index in [1.165, 1.54) is 11.3 Å². The number of carbonyl (C=O) groups is 1. The van der Waals surface area contributed by atoms with Crippen LogP contribution in [0.25, 0.3) is 0 Å². The maximum absolute atomic E-state index is 11.2. The number of anilines is 2. The molecule has 1 aromatic heterocycles. The maximum atomic E-state index is 11.2. The zero-order chi connectivity index (χ0) is 14.9. The number of hydrogen-bond acceptors (Lipinski definition) is 4. The first kappa shape index (κ1) is 14.5. The molecular formula is C15H18N2O2S. The molecule has 0 radical (unpaired) electrons. The van der Waals surface area contributed by atoms with Crippen molar-refractivity contribution < 1.29 is 9.90 Å². The monoisotopic (exact) mass is 290 g/mol. The Morgan fingerprint density at radius 3 is 2.60 bits per heavy atom. The molecule has 0 saturated heterocycles. The highest BCUT2D eigenvalue weighted by Gasteiger charge is 2.18. The van der Waals surface area contributed by atoms with Gasteiger partial charge < -0.3 is 10.4 Å². The summed E-state index contributed by atoms with van der Waals surface area (Å²) in [6.07, 6.45) is 0. The summed E-state index contributed by atoms with van der Waals surface area (Å²) in [6.45, 7) is 8.22. The minimum Gasteiger partial charge on any atom is -0.478 e. The molecule has 4 nitrogen and oxygen atoms in total. The van der Waals surface area contributed by atoms with E-state index < -0.39 is 5.97 Å². The van der Waals surface area contributed by atoms with Crippen molar-refractivity contribution in [2.45, 2.75) is 33.1 Å². The number of thiazole rings is 1. The Bertz CT molecular complexity index is 642. The number of aromatic carboxylic acids is 1. The number of rotatable bonds is 3. The molecule has 2 rings (SSSR count). The van der Waals surface area contributed by atoms with E-state index in [9.17, 15) is 9.90 Å². The Morgan fingerprint density at radius 2 is 2.05 bits per heavy atom. The van der Waals surface area contributed by atoms with Crippen LogP contribution < -0.4 is 5.32 Å². The third-order valence-electron chi connectivity index (χ3n) is 2.92. The highest BCUT2D eigenvalue weighted by atomic mass is 32.1. The van der Waals surface area contributed by atoms with Gasteiger partial charge in [0.2, 0.25) is 0 Å². The van der Waals surface area contributed by atoms with Crippen LogP contribution in [0.1, 0.15) is 42.4 Å². The number of benzene rings is 1. The zero-order valence-corrected chi connectivity index (χ0v) is 12.8. The van der Waals surface area contributed by atoms with E-state index in [2.05, 4.69) is 31.1 Å². The predicted octanol–water partition coefficient (Wildman–Crippen LogP) is 4.19. The van der Waals surface area contributed by atoms with Crippen molar-refractivity contribution in [2.75, 3.05) is 5.32 Å². The van der Waals surface area contributed by atoms with E-state index in [1.807, 2.05) is 18.4 Å². The number of carboxylic acids is 1. The molecule has 20 heavy (non-hydrogen) atoms. The van der Waals surface area contributed by atoms with Crippen molar-refractivity contribution in [3.05, 3.63) is 40.4 Å². The number of aryl methyl sites for hydroxylation is 1. The normalized spacial score (nSPS) is 11.4. The van der Waals surface area contributed by atoms with Gasteiger partial charge in [-0.25, -0.2) is 9.78 Å². The van der Waals surface area contributed by atoms with Gasteiger partial charge in [-0.1, -0.05) is 26.8 Å². The average Bonchev–Trinajstić information content (AvgIpc) is 2.76. The van der Waals surface area contributed by atoms with Gasteiger partial charge in [0.05, 0.1) is 16.9 Å². The number of nitrogens with one attached hydrogen (secondary N) is 1. The molecule has 0 unspecified atom stereocenters. The largest absolute Gasteiger partial charge is 0.478 e. The Morgan fingerprint density at radius 1 is 1.35 bits per heavy atom. The Kier molecular flexibility index (Phi) is 3.81. The lowest BCUT2D eigenvalue weighted by Crippen LogP contribution is -2.11. The molecule has 2 aromatic rings. The number of nitrogens with zero attached hydrogens (tertiary/aromatic N) is 1. The van der Waals surface area contributed by atoms with Crippen molar-refractivity contribution in [3.63, 3.8) is 0 Å². The van der Waals surface area contributed by atoms with E-state index in [4.69, 9.17) is 0 Å². The summed E-state index contributed by atoms with van der Waals surface area (Å²) in [4.78, 5) is 15.8. The summed E-state index contributed by atoms with van der Waals surface area (Å²) in [5.41, 5.74) is 2.81. The van der Waals surface area contributed by atoms with Crippen LogP contribution in [0.15, 0.2) is 23.6 Å². The molecule has 0 spiro atoms. The summed E-state index contributed by atoms with van der Waals surface area (Å²) >= 11 is 1.48. The fourth-order valence-corrected chi connectivity index (χ4v) is 2.69. The van der Waals surface area contributed by atoms with Crippen LogP contribution in [0.4, 0.5) is 10.8 Å². The van der Waals surface area contributed by atoms with Crippen molar-refractivity contribution in [1.29, 1.82) is 0 Å². The van der Waals surface area contributed by atoms with Crippen LogP contribution in [0.5, 0.6) is 0 Å². The van der Waals surface area contributed by atoms with Crippen molar-refractivity contribution in [3.8, 4) is 0 Å². The summed E-state index contributed by atoms with van der Waals surface area (Å²) in [7, 11) is 0. The molecule has 0 saturated carbocycles. The van der Waals surface area contributed by atoms with Crippen LogP contribution >= 0.6 is 11.3 Å². The SMILES string of the molecule is Cc1ccc(C(=O)O)c(Nc2nc(C(C)(C)C)cs2)c1. The van der Waals surface area contributed by atoms with Gasteiger partial charge in [0.1, 0.15) is 0 Å². The molecule has 0 atom stereocenters. The van der Waals surface area contributed by atoms with E-state index in [1.54, 1.807) is 12.1 Å². The first-order valence-corrected chi connectivity index (χ1v) is 7.22. The van der Waals surface area contributed by atoms with Gasteiger partial charge in [-0.2, -0.15) is 0 Å². The van der Waals surface area contributed by atoms with Crippen LogP contribution in [0.2, 0.25) is 0 Å². The smallest absolute Gasteiger partial charge is 0.337 e. The highest BCUT2D eigenvalue weighted by Crippen LogP contribution is 2.29. The lowest BCUT2D eigenvalue weighted by atomic mass is 9.93. The third-order valence-corrected chi connectivity index (χ3v) is 3.68. The molecule has 0 bridgehead atoms. The van der Waals surface area contributed by atoms with Gasteiger partial charge in [0.25, 0.3) is 0 Å². The quantitative estimate of drug-likeness (QED) is 0.889. The average molecular weight is 290 g/mol. The van der Waals surface area contributed by atoms with Crippen molar-refractivity contribution in [2.24, 2.45) is 0 Å². The fraction of sp³-hybridized carbons (Fsp3) is 0.333.